The van der Waals surface area contributed by atoms with Crippen LogP contribution >= 0.6 is 11.6 Å². The van der Waals surface area contributed by atoms with E-state index >= 15 is 13.2 Å². The molecule has 304 valence electrons. The number of aryl methyl sites for hydroxylation is 1. The van der Waals surface area contributed by atoms with Crippen molar-refractivity contribution in [2.24, 2.45) is 0 Å². The smallest absolute Gasteiger partial charge is 0.407 e. The largest absolute Gasteiger partial charge is 0.461 e. The fourth-order valence-electron chi connectivity index (χ4n) is 9.43. The van der Waals surface area contributed by atoms with Crippen LogP contribution in [0.5, 0.6) is 11.8 Å². The van der Waals surface area contributed by atoms with Crippen molar-refractivity contribution in [3.05, 3.63) is 82.0 Å². The second kappa shape index (κ2) is 15.1. The third-order valence-corrected chi connectivity index (χ3v) is 12.3. The Morgan fingerprint density at radius 3 is 2.75 bits per heavy atom. The molecule has 0 radical (unpaired) electrons. The molecule has 5 aliphatic heterocycles. The molecular formula is C43H39ClF3N7O5. The molecule has 5 aromatic rings. The number of pyridine rings is 1. The first-order valence-corrected chi connectivity index (χ1v) is 20.1. The van der Waals surface area contributed by atoms with Gasteiger partial charge in [0, 0.05) is 24.7 Å². The van der Waals surface area contributed by atoms with E-state index in [1.54, 1.807) is 11.8 Å². The number of fused-ring (bicyclic) bond motifs is 7. The Bertz CT molecular complexity index is 2580. The fraction of sp³-hybridized carbons (Fsp3) is 0.395. The van der Waals surface area contributed by atoms with Gasteiger partial charge in [-0.15, -0.1) is 0 Å². The second-order valence-corrected chi connectivity index (χ2v) is 16.5. The number of anilines is 1. The standard InChI is InChI=1S/C43H39ClF3N7O5/c1-42-18-26(45)21-53(22-42)38-30-20-49-36(35(47)37(30)50-40(51-38)58-23-43-11-4-13-54(43)14-5-12-43)29-17-27(59-39(55)34-25(19-48)6-2-8-31(34)44)16-24-9-10-32(46)28(33(24)29)7-3-15-57-41(56)52-42/h2,6,8-10,16-17,20,26H,3-5,7,11-15,18,21-23H2,1H3,(H,52,56). The molecule has 2 atom stereocenters. The van der Waals surface area contributed by atoms with Crippen LogP contribution in [0.25, 0.3) is 32.9 Å². The van der Waals surface area contributed by atoms with Crippen LogP contribution < -0.4 is 19.7 Å². The number of carbonyl (C=O) groups excluding carboxylic acids is 2. The third kappa shape index (κ3) is 7.12. The zero-order chi connectivity index (χ0) is 41.1. The highest BCUT2D eigenvalue weighted by Crippen LogP contribution is 2.42. The molecule has 59 heavy (non-hydrogen) atoms. The maximum absolute atomic E-state index is 17.6. The average molecular weight is 826 g/mol. The number of carbonyl (C=O) groups is 2. The van der Waals surface area contributed by atoms with Crippen LogP contribution in [0.3, 0.4) is 0 Å². The molecule has 5 aliphatic rings. The summed E-state index contributed by atoms with van der Waals surface area (Å²) >= 11 is 6.33. The summed E-state index contributed by atoms with van der Waals surface area (Å²) in [7, 11) is 0. The number of alkyl carbamates (subject to hydrolysis) is 1. The van der Waals surface area contributed by atoms with Gasteiger partial charge in [0.25, 0.3) is 0 Å². The maximum atomic E-state index is 17.6. The summed E-state index contributed by atoms with van der Waals surface area (Å²) < 4.78 is 66.9. The summed E-state index contributed by atoms with van der Waals surface area (Å²) in [5.41, 5.74) is -1.63. The third-order valence-electron chi connectivity index (χ3n) is 12.0. The Kier molecular flexibility index (Phi) is 9.95. The molecule has 10 rings (SSSR count). The van der Waals surface area contributed by atoms with Crippen molar-refractivity contribution < 1.29 is 37.0 Å². The number of benzene rings is 3. The highest BCUT2D eigenvalue weighted by atomic mass is 35.5. The van der Waals surface area contributed by atoms with Gasteiger partial charge in [0.05, 0.1) is 45.8 Å². The first-order chi connectivity index (χ1) is 28.4. The van der Waals surface area contributed by atoms with Gasteiger partial charge in [0.15, 0.2) is 5.82 Å². The van der Waals surface area contributed by atoms with Gasteiger partial charge in [0.2, 0.25) is 0 Å². The topological polar surface area (TPSA) is 143 Å². The van der Waals surface area contributed by atoms with Crippen LogP contribution in [0.15, 0.2) is 48.7 Å². The Hall–Kier alpha value is -5.72. The summed E-state index contributed by atoms with van der Waals surface area (Å²) in [4.78, 5) is 44.7. The van der Waals surface area contributed by atoms with Crippen LogP contribution in [-0.2, 0) is 11.2 Å². The molecule has 2 aromatic heterocycles. The predicted octanol–water partition coefficient (Wildman–Crippen LogP) is 7.85. The number of alkyl halides is 1. The lowest BCUT2D eigenvalue weighted by molar-refractivity contribution is 0.0734. The van der Waals surface area contributed by atoms with Crippen molar-refractivity contribution >= 4 is 51.2 Å². The number of piperidine rings is 1. The first-order valence-electron chi connectivity index (χ1n) is 19.7. The molecule has 3 aromatic carbocycles. The van der Waals surface area contributed by atoms with Gasteiger partial charge in [-0.05, 0) is 105 Å². The quantitative estimate of drug-likeness (QED) is 0.137. The van der Waals surface area contributed by atoms with E-state index in [0.29, 0.717) is 5.39 Å². The van der Waals surface area contributed by atoms with E-state index in [2.05, 4.69) is 20.2 Å². The first kappa shape index (κ1) is 38.8. The van der Waals surface area contributed by atoms with Crippen molar-refractivity contribution in [2.45, 2.75) is 69.1 Å². The molecule has 0 spiro atoms. The summed E-state index contributed by atoms with van der Waals surface area (Å²) in [5, 5.41) is 13.3. The highest BCUT2D eigenvalue weighted by Gasteiger charge is 2.45. The number of hydrogen-bond donors (Lipinski definition) is 1. The van der Waals surface area contributed by atoms with Crippen molar-refractivity contribution in [1.29, 1.82) is 5.26 Å². The van der Waals surface area contributed by atoms with E-state index in [4.69, 9.17) is 30.8 Å². The molecule has 1 N–H and O–H groups in total. The van der Waals surface area contributed by atoms with Gasteiger partial charge in [-0.3, -0.25) is 9.88 Å². The molecule has 6 bridgehead atoms. The van der Waals surface area contributed by atoms with E-state index in [0.717, 1.165) is 38.8 Å². The Balaban J connectivity index is 1.24. The summed E-state index contributed by atoms with van der Waals surface area (Å²) in [6, 6.07) is 11.8. The lowest BCUT2D eigenvalue weighted by atomic mass is 9.90. The summed E-state index contributed by atoms with van der Waals surface area (Å²) in [6.07, 6.45) is 3.37. The van der Waals surface area contributed by atoms with Crippen LogP contribution in [-0.4, -0.2) is 88.6 Å². The molecule has 12 nitrogen and oxygen atoms in total. The average Bonchev–Trinajstić information content (AvgIpc) is 3.79. The molecule has 3 fully saturated rings. The number of nitrogens with one attached hydrogen (secondary N) is 1. The number of ether oxygens (including phenoxy) is 3. The predicted molar refractivity (Wildman–Crippen MR) is 213 cm³/mol. The molecule has 16 heteroatoms. The van der Waals surface area contributed by atoms with Gasteiger partial charge in [-0.1, -0.05) is 23.7 Å². The van der Waals surface area contributed by atoms with Gasteiger partial charge in [0.1, 0.15) is 47.4 Å². The number of rotatable bonds is 5. The van der Waals surface area contributed by atoms with E-state index in [9.17, 15) is 14.9 Å². The number of nitriles is 1. The summed E-state index contributed by atoms with van der Waals surface area (Å²) in [5.74, 6) is -2.33. The number of hydrogen-bond acceptors (Lipinski definition) is 11. The highest BCUT2D eigenvalue weighted by molar-refractivity contribution is 6.34. The Morgan fingerprint density at radius 1 is 1.14 bits per heavy atom. The zero-order valence-electron chi connectivity index (χ0n) is 32.1. The lowest BCUT2D eigenvalue weighted by Crippen LogP contribution is -2.60. The van der Waals surface area contributed by atoms with E-state index < -0.39 is 35.4 Å². The minimum absolute atomic E-state index is 0.00342. The number of halogens is 4. The van der Waals surface area contributed by atoms with Crippen molar-refractivity contribution in [3.63, 3.8) is 0 Å². The van der Waals surface area contributed by atoms with Gasteiger partial charge in [-0.2, -0.15) is 15.2 Å². The number of aromatic nitrogens is 3. The normalized spacial score (nSPS) is 21.5. The molecule has 0 aliphatic carbocycles. The Labute approximate surface area is 342 Å². The second-order valence-electron chi connectivity index (χ2n) is 16.1. The van der Waals surface area contributed by atoms with Crippen LogP contribution in [0.2, 0.25) is 5.02 Å². The minimum atomic E-state index is -1.40. The van der Waals surface area contributed by atoms with Crippen molar-refractivity contribution in [3.8, 4) is 29.1 Å². The van der Waals surface area contributed by atoms with Crippen molar-refractivity contribution in [1.82, 2.24) is 25.2 Å². The van der Waals surface area contributed by atoms with E-state index in [1.165, 1.54) is 48.7 Å². The van der Waals surface area contributed by atoms with Crippen LogP contribution in [0, 0.1) is 23.0 Å². The number of nitrogens with zero attached hydrogens (tertiary/aromatic N) is 6. The monoisotopic (exact) mass is 825 g/mol. The SMILES string of the molecule is CC12CC(F)CN(C1)c1nc(OCC34CCCN3CCC4)nc3c(F)c(ncc13)-c1cc(OC(=O)c3c(Cl)cccc3C#N)cc3ccc(F)c(c13)CCCOC(=O)N2. The van der Waals surface area contributed by atoms with Gasteiger partial charge < -0.3 is 24.4 Å². The molecule has 3 saturated heterocycles. The zero-order valence-corrected chi connectivity index (χ0v) is 32.9. The molecule has 0 saturated carbocycles. The number of esters is 1. The molecular weight excluding hydrogens is 787 g/mol. The number of amides is 1. The summed E-state index contributed by atoms with van der Waals surface area (Å²) in [6.45, 7) is 3.77. The van der Waals surface area contributed by atoms with E-state index in [1.807, 2.05) is 6.07 Å². The van der Waals surface area contributed by atoms with Gasteiger partial charge >= 0.3 is 18.1 Å². The van der Waals surface area contributed by atoms with Crippen LogP contribution in [0.1, 0.15) is 66.9 Å². The van der Waals surface area contributed by atoms with Crippen LogP contribution in [0.4, 0.5) is 23.8 Å². The Morgan fingerprint density at radius 2 is 1.95 bits per heavy atom. The van der Waals surface area contributed by atoms with E-state index in [-0.39, 0.29) is 118 Å². The van der Waals surface area contributed by atoms with Gasteiger partial charge in [-0.25, -0.2) is 22.8 Å². The minimum Gasteiger partial charge on any atom is -0.461 e. The maximum Gasteiger partial charge on any atom is 0.407 e. The molecule has 1 amide bonds. The fourth-order valence-corrected chi connectivity index (χ4v) is 9.68. The van der Waals surface area contributed by atoms with Crippen molar-refractivity contribution in [2.75, 3.05) is 44.3 Å². The molecule has 2 unspecified atom stereocenters. The molecule has 7 heterocycles. The lowest BCUT2D eigenvalue weighted by Gasteiger charge is -2.42.